The van der Waals surface area contributed by atoms with Crippen LogP contribution in [0.2, 0.25) is 0 Å². The number of likely N-dealkylation sites (N-methyl/N-ethyl adjacent to an activating group) is 2. The van der Waals surface area contributed by atoms with Gasteiger partial charge in [-0.3, -0.25) is 14.4 Å². The number of carbonyl (C=O) groups excluding carboxylic acids is 3. The van der Waals surface area contributed by atoms with Crippen molar-refractivity contribution in [1.29, 1.82) is 0 Å². The number of rotatable bonds is 7. The number of nitrogens with one attached hydrogen (secondary N) is 1. The van der Waals surface area contributed by atoms with E-state index in [0.29, 0.717) is 18.7 Å². The molecule has 0 bridgehead atoms. The fraction of sp³-hybridized carbons (Fsp3) is 0.471. The Labute approximate surface area is 137 Å². The Bertz CT molecular complexity index is 568. The van der Waals surface area contributed by atoms with Gasteiger partial charge in [0.2, 0.25) is 11.8 Å². The average Bonchev–Trinajstić information content (AvgIpc) is 2.53. The quantitative estimate of drug-likeness (QED) is 0.817. The number of aryl methyl sites for hydroxylation is 1. The summed E-state index contributed by atoms with van der Waals surface area (Å²) in [6.07, 6.45) is 0. The lowest BCUT2D eigenvalue weighted by atomic mass is 10.1. The van der Waals surface area contributed by atoms with Crippen LogP contribution in [0.3, 0.4) is 0 Å². The Kier molecular flexibility index (Phi) is 7.25. The summed E-state index contributed by atoms with van der Waals surface area (Å²) < 4.78 is 0. The first kappa shape index (κ1) is 18.7. The van der Waals surface area contributed by atoms with Crippen molar-refractivity contribution >= 4 is 17.7 Å². The molecule has 3 amide bonds. The maximum Gasteiger partial charge on any atom is 0.251 e. The van der Waals surface area contributed by atoms with E-state index >= 15 is 0 Å². The monoisotopic (exact) mass is 319 g/mol. The van der Waals surface area contributed by atoms with Gasteiger partial charge in [-0.15, -0.1) is 0 Å². The van der Waals surface area contributed by atoms with Gasteiger partial charge < -0.3 is 15.1 Å². The van der Waals surface area contributed by atoms with Gasteiger partial charge in [0, 0.05) is 25.7 Å². The van der Waals surface area contributed by atoms with Crippen LogP contribution in [0, 0.1) is 6.92 Å². The molecule has 126 valence electrons. The molecule has 0 atom stereocenters. The third-order valence-corrected chi connectivity index (χ3v) is 3.59. The van der Waals surface area contributed by atoms with E-state index in [4.69, 9.17) is 0 Å². The second-order valence-corrected chi connectivity index (χ2v) is 5.37. The van der Waals surface area contributed by atoms with Gasteiger partial charge in [0.1, 0.15) is 0 Å². The maximum atomic E-state index is 12.0. The molecule has 6 nitrogen and oxygen atoms in total. The van der Waals surface area contributed by atoms with Crippen molar-refractivity contribution < 1.29 is 14.4 Å². The molecule has 0 unspecified atom stereocenters. The molecule has 0 aliphatic heterocycles. The van der Waals surface area contributed by atoms with Crippen LogP contribution in [0.4, 0.5) is 0 Å². The summed E-state index contributed by atoms with van der Waals surface area (Å²) in [7, 11) is 1.56. The van der Waals surface area contributed by atoms with Crippen LogP contribution in [0.15, 0.2) is 24.3 Å². The first-order valence-electron chi connectivity index (χ1n) is 7.75. The summed E-state index contributed by atoms with van der Waals surface area (Å²) in [5.41, 5.74) is 1.49. The van der Waals surface area contributed by atoms with Gasteiger partial charge in [0.15, 0.2) is 0 Å². The molecule has 1 rings (SSSR count). The number of nitrogens with zero attached hydrogens (tertiary/aromatic N) is 2. The highest BCUT2D eigenvalue weighted by atomic mass is 16.2. The molecule has 0 spiro atoms. The molecule has 0 saturated carbocycles. The Morgan fingerprint density at radius 2 is 1.74 bits per heavy atom. The van der Waals surface area contributed by atoms with Crippen LogP contribution in [-0.4, -0.2) is 60.7 Å². The Hall–Kier alpha value is -2.37. The molecule has 0 saturated heterocycles. The highest BCUT2D eigenvalue weighted by molar-refractivity contribution is 5.96. The van der Waals surface area contributed by atoms with Gasteiger partial charge in [-0.1, -0.05) is 17.7 Å². The fourth-order valence-electron chi connectivity index (χ4n) is 2.15. The summed E-state index contributed by atoms with van der Waals surface area (Å²) in [4.78, 5) is 39.0. The molecule has 0 aliphatic rings. The van der Waals surface area contributed by atoms with E-state index in [0.717, 1.165) is 5.56 Å². The zero-order valence-electron chi connectivity index (χ0n) is 14.3. The minimum absolute atomic E-state index is 0.0147. The third-order valence-electron chi connectivity index (χ3n) is 3.59. The fourth-order valence-corrected chi connectivity index (χ4v) is 2.15. The van der Waals surface area contributed by atoms with Crippen molar-refractivity contribution in [2.24, 2.45) is 0 Å². The molecule has 0 radical (unpaired) electrons. The SMILES string of the molecule is CCN(CC)C(=O)CN(C)C(=O)CNC(=O)c1cccc(C)c1. The standard InChI is InChI=1S/C17H25N3O3/c1-5-20(6-2)16(22)12-19(4)15(21)11-18-17(23)14-9-7-8-13(3)10-14/h7-10H,5-6,11-12H2,1-4H3,(H,18,23). The molecular weight excluding hydrogens is 294 g/mol. The van der Waals surface area contributed by atoms with Gasteiger partial charge >= 0.3 is 0 Å². The van der Waals surface area contributed by atoms with Crippen LogP contribution in [0.25, 0.3) is 0 Å². The van der Waals surface area contributed by atoms with Gasteiger partial charge in [0.25, 0.3) is 5.91 Å². The lowest BCUT2D eigenvalue weighted by Crippen LogP contribution is -2.44. The minimum Gasteiger partial charge on any atom is -0.343 e. The second-order valence-electron chi connectivity index (χ2n) is 5.37. The lowest BCUT2D eigenvalue weighted by molar-refractivity contribution is -0.138. The number of hydrogen-bond donors (Lipinski definition) is 1. The Morgan fingerprint density at radius 1 is 1.09 bits per heavy atom. The molecule has 1 aromatic carbocycles. The molecule has 0 aliphatic carbocycles. The van der Waals surface area contributed by atoms with E-state index in [1.807, 2.05) is 26.8 Å². The molecule has 0 aromatic heterocycles. The summed E-state index contributed by atoms with van der Waals surface area (Å²) in [5, 5.41) is 2.58. The molecule has 0 heterocycles. The highest BCUT2D eigenvalue weighted by Gasteiger charge is 2.17. The summed E-state index contributed by atoms with van der Waals surface area (Å²) in [5.74, 6) is -0.701. The number of benzene rings is 1. The van der Waals surface area contributed by atoms with E-state index in [2.05, 4.69) is 5.32 Å². The summed E-state index contributed by atoms with van der Waals surface area (Å²) >= 11 is 0. The van der Waals surface area contributed by atoms with E-state index in [9.17, 15) is 14.4 Å². The molecule has 23 heavy (non-hydrogen) atoms. The normalized spacial score (nSPS) is 10.1. The molecule has 1 aromatic rings. The first-order valence-corrected chi connectivity index (χ1v) is 7.75. The smallest absolute Gasteiger partial charge is 0.251 e. The minimum atomic E-state index is -0.300. The van der Waals surface area contributed by atoms with Gasteiger partial charge in [-0.25, -0.2) is 0 Å². The largest absolute Gasteiger partial charge is 0.343 e. The topological polar surface area (TPSA) is 69.7 Å². The van der Waals surface area contributed by atoms with E-state index in [1.54, 1.807) is 30.1 Å². The van der Waals surface area contributed by atoms with Crippen molar-refractivity contribution in [2.45, 2.75) is 20.8 Å². The first-order chi connectivity index (χ1) is 10.9. The zero-order valence-corrected chi connectivity index (χ0v) is 14.3. The molecule has 6 heteroatoms. The van der Waals surface area contributed by atoms with Crippen molar-refractivity contribution in [1.82, 2.24) is 15.1 Å². The Balaban J connectivity index is 2.49. The van der Waals surface area contributed by atoms with Crippen molar-refractivity contribution in [2.75, 3.05) is 33.2 Å². The maximum absolute atomic E-state index is 12.0. The van der Waals surface area contributed by atoms with Crippen LogP contribution in [-0.2, 0) is 9.59 Å². The van der Waals surface area contributed by atoms with Crippen LogP contribution < -0.4 is 5.32 Å². The van der Waals surface area contributed by atoms with Gasteiger partial charge in [0.05, 0.1) is 13.1 Å². The van der Waals surface area contributed by atoms with E-state index < -0.39 is 0 Å². The van der Waals surface area contributed by atoms with Crippen molar-refractivity contribution in [3.63, 3.8) is 0 Å². The summed E-state index contributed by atoms with van der Waals surface area (Å²) in [6, 6.07) is 7.14. The highest BCUT2D eigenvalue weighted by Crippen LogP contribution is 2.03. The zero-order chi connectivity index (χ0) is 17.4. The van der Waals surface area contributed by atoms with Crippen LogP contribution in [0.1, 0.15) is 29.8 Å². The molecule has 1 N–H and O–H groups in total. The van der Waals surface area contributed by atoms with Crippen molar-refractivity contribution in [3.05, 3.63) is 35.4 Å². The predicted octanol–water partition coefficient (Wildman–Crippen LogP) is 1.05. The number of hydrogen-bond acceptors (Lipinski definition) is 3. The Morgan fingerprint density at radius 3 is 2.30 bits per heavy atom. The average molecular weight is 319 g/mol. The van der Waals surface area contributed by atoms with E-state index in [-0.39, 0.29) is 30.8 Å². The van der Waals surface area contributed by atoms with Crippen LogP contribution in [0.5, 0.6) is 0 Å². The third kappa shape index (κ3) is 5.73. The van der Waals surface area contributed by atoms with Gasteiger partial charge in [-0.2, -0.15) is 0 Å². The lowest BCUT2D eigenvalue weighted by Gasteiger charge is -2.23. The summed E-state index contributed by atoms with van der Waals surface area (Å²) in [6.45, 7) is 6.80. The predicted molar refractivity (Wildman–Crippen MR) is 89.1 cm³/mol. The number of carbonyl (C=O) groups is 3. The van der Waals surface area contributed by atoms with Gasteiger partial charge in [-0.05, 0) is 32.9 Å². The number of amides is 3. The molecule has 0 fully saturated rings. The molecular formula is C17H25N3O3. The second kappa shape index (κ2) is 8.92. The van der Waals surface area contributed by atoms with E-state index in [1.165, 1.54) is 4.90 Å². The van der Waals surface area contributed by atoms with Crippen molar-refractivity contribution in [3.8, 4) is 0 Å². The van der Waals surface area contributed by atoms with Crippen LogP contribution >= 0.6 is 0 Å².